The van der Waals surface area contributed by atoms with Crippen LogP contribution in [0.25, 0.3) is 0 Å². The van der Waals surface area contributed by atoms with Crippen molar-refractivity contribution >= 4 is 16.8 Å². The van der Waals surface area contributed by atoms with Crippen LogP contribution in [-0.2, 0) is 4.79 Å². The first-order valence-electron chi connectivity index (χ1n) is 4.64. The lowest BCUT2D eigenvalue weighted by atomic mass is 9.83. The largest absolute Gasteiger partial charge is 0.327 e. The normalized spacial score (nSPS) is 22.2. The van der Waals surface area contributed by atoms with E-state index in [-0.39, 0.29) is 11.3 Å². The molecule has 1 aliphatic carbocycles. The van der Waals surface area contributed by atoms with Crippen molar-refractivity contribution in [2.24, 2.45) is 11.7 Å². The molecule has 0 radical (unpaired) electrons. The van der Waals surface area contributed by atoms with Crippen molar-refractivity contribution in [3.05, 3.63) is 0 Å². The number of rotatable bonds is 3. The first-order valence-corrected chi connectivity index (χ1v) is 5.02. The number of carbonyl (C=O) groups is 1. The van der Waals surface area contributed by atoms with Gasteiger partial charge in [0, 0.05) is 12.5 Å². The molecule has 2 nitrogen and oxygen atoms in total. The molecule has 3 heteroatoms. The maximum absolute atomic E-state index is 10.6. The molecule has 0 bridgehead atoms. The van der Waals surface area contributed by atoms with Crippen molar-refractivity contribution in [2.75, 3.05) is 0 Å². The van der Waals surface area contributed by atoms with Crippen LogP contribution in [0.15, 0.2) is 0 Å². The van der Waals surface area contributed by atoms with Gasteiger partial charge in [0.05, 0.1) is 0 Å². The Balaban J connectivity index is 2.29. The quantitative estimate of drug-likeness (QED) is 0.691. The summed E-state index contributed by atoms with van der Waals surface area (Å²) in [4.78, 5) is 10.6. The van der Waals surface area contributed by atoms with Crippen LogP contribution < -0.4 is 5.73 Å². The van der Waals surface area contributed by atoms with E-state index in [0.717, 1.165) is 0 Å². The summed E-state index contributed by atoms with van der Waals surface area (Å²) in [7, 11) is 0. The second-order valence-electron chi connectivity index (χ2n) is 3.62. The molecule has 0 aliphatic heterocycles. The van der Waals surface area contributed by atoms with Crippen molar-refractivity contribution in [3.8, 4) is 0 Å². The average Bonchev–Trinajstić information content (AvgIpc) is 2.05. The second kappa shape index (κ2) is 4.83. The van der Waals surface area contributed by atoms with E-state index in [1.807, 2.05) is 0 Å². The lowest BCUT2D eigenvalue weighted by Gasteiger charge is -2.26. The maximum Gasteiger partial charge on any atom is 0.223 e. The molecule has 0 heterocycles. The first-order chi connectivity index (χ1) is 5.70. The molecule has 0 spiro atoms. The van der Waals surface area contributed by atoms with Crippen LogP contribution >= 0.6 is 11.6 Å². The van der Waals surface area contributed by atoms with E-state index in [4.69, 9.17) is 17.3 Å². The number of halogens is 1. The van der Waals surface area contributed by atoms with E-state index in [1.165, 1.54) is 32.1 Å². The van der Waals surface area contributed by atoms with E-state index in [2.05, 4.69) is 0 Å². The van der Waals surface area contributed by atoms with E-state index >= 15 is 0 Å². The van der Waals surface area contributed by atoms with E-state index in [1.54, 1.807) is 0 Å². The van der Waals surface area contributed by atoms with Crippen molar-refractivity contribution in [3.63, 3.8) is 0 Å². The van der Waals surface area contributed by atoms with Crippen molar-refractivity contribution in [2.45, 2.75) is 44.6 Å². The van der Waals surface area contributed by atoms with E-state index < -0.39 is 0 Å². The Hall–Kier alpha value is -0.0800. The van der Waals surface area contributed by atoms with Gasteiger partial charge in [0.15, 0.2) is 0 Å². The van der Waals surface area contributed by atoms with Crippen LogP contribution in [-0.4, -0.2) is 11.3 Å². The summed E-state index contributed by atoms with van der Waals surface area (Å²) in [6.45, 7) is 0. The van der Waals surface area contributed by atoms with Crippen LogP contribution in [0.4, 0.5) is 0 Å². The Labute approximate surface area is 78.5 Å². The van der Waals surface area contributed by atoms with Gasteiger partial charge in [-0.3, -0.25) is 4.79 Å². The summed E-state index contributed by atoms with van der Waals surface area (Å²) in [5.74, 6) is 0.529. The second-order valence-corrected chi connectivity index (χ2v) is 4.04. The first kappa shape index (κ1) is 10.0. The van der Waals surface area contributed by atoms with Crippen molar-refractivity contribution in [1.82, 2.24) is 0 Å². The Bertz CT molecular complexity index is 155. The standard InChI is InChI=1S/C9H16ClNO/c10-9(12)6-8(11)7-4-2-1-3-5-7/h7-8H,1-6,11H2. The minimum atomic E-state index is -0.298. The van der Waals surface area contributed by atoms with Crippen molar-refractivity contribution in [1.29, 1.82) is 0 Å². The Kier molecular flexibility index (Phi) is 4.02. The molecular weight excluding hydrogens is 174 g/mol. The fourth-order valence-corrected chi connectivity index (χ4v) is 2.09. The Morgan fingerprint density at radius 2 is 2.00 bits per heavy atom. The Morgan fingerprint density at radius 3 is 2.50 bits per heavy atom. The molecule has 0 aromatic carbocycles. The Morgan fingerprint density at radius 1 is 1.42 bits per heavy atom. The molecule has 12 heavy (non-hydrogen) atoms. The number of nitrogens with two attached hydrogens (primary N) is 1. The van der Waals surface area contributed by atoms with Gasteiger partial charge in [-0.05, 0) is 30.4 Å². The smallest absolute Gasteiger partial charge is 0.223 e. The van der Waals surface area contributed by atoms with Gasteiger partial charge in [-0.2, -0.15) is 0 Å². The van der Waals surface area contributed by atoms with Crippen LogP contribution in [0.1, 0.15) is 38.5 Å². The topological polar surface area (TPSA) is 43.1 Å². The third-order valence-corrected chi connectivity index (χ3v) is 2.81. The van der Waals surface area contributed by atoms with Gasteiger partial charge in [-0.1, -0.05) is 19.3 Å². The van der Waals surface area contributed by atoms with E-state index in [9.17, 15) is 4.79 Å². The summed E-state index contributed by atoms with van der Waals surface area (Å²) in [5.41, 5.74) is 5.84. The molecule has 1 unspecified atom stereocenters. The highest BCUT2D eigenvalue weighted by Gasteiger charge is 2.21. The molecule has 1 fully saturated rings. The third kappa shape index (κ3) is 3.11. The molecule has 1 rings (SSSR count). The van der Waals surface area contributed by atoms with Crippen LogP contribution in [0, 0.1) is 5.92 Å². The van der Waals surface area contributed by atoms with Gasteiger partial charge in [-0.15, -0.1) is 0 Å². The predicted molar refractivity (Wildman–Crippen MR) is 50.0 cm³/mol. The van der Waals surface area contributed by atoms with Crippen LogP contribution in [0.2, 0.25) is 0 Å². The number of hydrogen-bond donors (Lipinski definition) is 1. The van der Waals surface area contributed by atoms with E-state index in [0.29, 0.717) is 12.3 Å². The molecule has 0 saturated heterocycles. The third-order valence-electron chi connectivity index (χ3n) is 2.65. The van der Waals surface area contributed by atoms with Crippen LogP contribution in [0.5, 0.6) is 0 Å². The maximum atomic E-state index is 10.6. The minimum absolute atomic E-state index is 0.00435. The van der Waals surface area contributed by atoms with Gasteiger partial charge in [0.1, 0.15) is 0 Å². The molecule has 1 aliphatic rings. The monoisotopic (exact) mass is 189 g/mol. The molecule has 70 valence electrons. The molecule has 2 N–H and O–H groups in total. The molecule has 1 saturated carbocycles. The molecule has 0 aromatic heterocycles. The average molecular weight is 190 g/mol. The van der Waals surface area contributed by atoms with Gasteiger partial charge >= 0.3 is 0 Å². The molecule has 0 amide bonds. The van der Waals surface area contributed by atoms with Gasteiger partial charge in [0.2, 0.25) is 5.24 Å². The predicted octanol–water partition coefficient (Wildman–Crippen LogP) is 2.05. The number of hydrogen-bond acceptors (Lipinski definition) is 2. The highest BCUT2D eigenvalue weighted by atomic mass is 35.5. The highest BCUT2D eigenvalue weighted by molar-refractivity contribution is 6.63. The summed E-state index contributed by atoms with van der Waals surface area (Å²) in [5, 5.41) is -0.298. The molecular formula is C9H16ClNO. The summed E-state index contributed by atoms with van der Waals surface area (Å²) in [6, 6.07) is -0.00435. The van der Waals surface area contributed by atoms with Crippen LogP contribution in [0.3, 0.4) is 0 Å². The molecule has 0 aromatic rings. The van der Waals surface area contributed by atoms with Crippen molar-refractivity contribution < 1.29 is 4.79 Å². The summed E-state index contributed by atoms with van der Waals surface area (Å²) >= 11 is 5.27. The van der Waals surface area contributed by atoms with Gasteiger partial charge in [-0.25, -0.2) is 0 Å². The fraction of sp³-hybridized carbons (Fsp3) is 0.889. The van der Waals surface area contributed by atoms with Gasteiger partial charge in [0.25, 0.3) is 0 Å². The summed E-state index contributed by atoms with van der Waals surface area (Å²) < 4.78 is 0. The molecule has 1 atom stereocenters. The highest BCUT2D eigenvalue weighted by Crippen LogP contribution is 2.26. The SMILES string of the molecule is NC(CC(=O)Cl)C1CCCCC1. The minimum Gasteiger partial charge on any atom is -0.327 e. The number of carbonyl (C=O) groups excluding carboxylic acids is 1. The summed E-state index contributed by atoms with van der Waals surface area (Å²) in [6.07, 6.45) is 6.52. The lowest BCUT2D eigenvalue weighted by molar-refractivity contribution is -0.112. The lowest BCUT2D eigenvalue weighted by Crippen LogP contribution is -2.32. The zero-order chi connectivity index (χ0) is 8.97. The van der Waals surface area contributed by atoms with Gasteiger partial charge < -0.3 is 5.73 Å². The zero-order valence-corrected chi connectivity index (χ0v) is 8.02. The fourth-order valence-electron chi connectivity index (χ4n) is 1.91. The zero-order valence-electron chi connectivity index (χ0n) is 7.26.